The van der Waals surface area contributed by atoms with E-state index in [9.17, 15) is 4.79 Å². The van der Waals surface area contributed by atoms with Gasteiger partial charge in [-0.1, -0.05) is 6.07 Å². The lowest BCUT2D eigenvalue weighted by atomic mass is 9.97. The molecule has 1 atom stereocenters. The molecule has 2 heterocycles. The first-order valence-corrected chi connectivity index (χ1v) is 7.11. The van der Waals surface area contributed by atoms with Crippen LogP contribution in [-0.2, 0) is 11.2 Å². The number of anilines is 1. The van der Waals surface area contributed by atoms with Crippen LogP contribution in [0.4, 0.5) is 5.82 Å². The molecule has 1 N–H and O–H groups in total. The number of carbonyl (C=O) groups is 1. The van der Waals surface area contributed by atoms with E-state index in [2.05, 4.69) is 16.4 Å². The Bertz CT molecular complexity index is 433. The average molecular weight is 261 g/mol. The van der Waals surface area contributed by atoms with E-state index in [-0.39, 0.29) is 5.91 Å². The van der Waals surface area contributed by atoms with E-state index < -0.39 is 0 Å². The summed E-state index contributed by atoms with van der Waals surface area (Å²) in [6.45, 7) is 2.60. The molecule has 0 aromatic carbocycles. The first kappa shape index (κ1) is 13.8. The fourth-order valence-electron chi connectivity index (χ4n) is 2.79. The number of aromatic nitrogens is 1. The van der Waals surface area contributed by atoms with Crippen LogP contribution in [-0.4, -0.2) is 35.4 Å². The molecule has 0 radical (unpaired) electrons. The fraction of sp³-hybridized carbons (Fsp3) is 0.600. The van der Waals surface area contributed by atoms with Gasteiger partial charge in [0.2, 0.25) is 5.91 Å². The molecular weight excluding hydrogens is 238 g/mol. The fourth-order valence-corrected chi connectivity index (χ4v) is 2.79. The van der Waals surface area contributed by atoms with E-state index in [0.29, 0.717) is 6.04 Å². The van der Waals surface area contributed by atoms with E-state index >= 15 is 0 Å². The molecule has 1 aliphatic rings. The summed E-state index contributed by atoms with van der Waals surface area (Å²) >= 11 is 0. The molecule has 1 fully saturated rings. The van der Waals surface area contributed by atoms with Crippen molar-refractivity contribution in [1.29, 1.82) is 0 Å². The van der Waals surface area contributed by atoms with E-state index in [1.165, 1.54) is 6.42 Å². The monoisotopic (exact) mass is 261 g/mol. The van der Waals surface area contributed by atoms with Crippen molar-refractivity contribution in [3.63, 3.8) is 0 Å². The molecule has 0 spiro atoms. The van der Waals surface area contributed by atoms with Crippen LogP contribution in [0.2, 0.25) is 0 Å². The van der Waals surface area contributed by atoms with Gasteiger partial charge in [-0.05, 0) is 44.2 Å². The number of likely N-dealkylation sites (tertiary alicyclic amines) is 1. The van der Waals surface area contributed by atoms with E-state index in [1.54, 1.807) is 6.92 Å². The highest BCUT2D eigenvalue weighted by molar-refractivity contribution is 5.73. The summed E-state index contributed by atoms with van der Waals surface area (Å²) in [5.41, 5.74) is 1.10. The molecule has 0 saturated carbocycles. The number of hydrogen-bond acceptors (Lipinski definition) is 3. The maximum Gasteiger partial charge on any atom is 0.219 e. The summed E-state index contributed by atoms with van der Waals surface area (Å²) in [6, 6.07) is 6.44. The van der Waals surface area contributed by atoms with Gasteiger partial charge < -0.3 is 10.2 Å². The van der Waals surface area contributed by atoms with Crippen molar-refractivity contribution >= 4 is 11.7 Å². The Morgan fingerprint density at radius 1 is 1.47 bits per heavy atom. The molecule has 4 nitrogen and oxygen atoms in total. The number of piperidine rings is 1. The molecule has 1 amide bonds. The second-order valence-electron chi connectivity index (χ2n) is 5.16. The summed E-state index contributed by atoms with van der Waals surface area (Å²) in [6.07, 6.45) is 5.46. The molecule has 0 bridgehead atoms. The van der Waals surface area contributed by atoms with Crippen LogP contribution in [0.3, 0.4) is 0 Å². The zero-order chi connectivity index (χ0) is 13.7. The summed E-state index contributed by atoms with van der Waals surface area (Å²) in [7, 11) is 1.88. The van der Waals surface area contributed by atoms with Gasteiger partial charge in [-0.25, -0.2) is 4.98 Å². The number of carbonyl (C=O) groups excluding carboxylic acids is 1. The van der Waals surface area contributed by atoms with Gasteiger partial charge in [-0.3, -0.25) is 4.79 Å². The lowest BCUT2D eigenvalue weighted by Gasteiger charge is -2.35. The third kappa shape index (κ3) is 3.69. The SMILES string of the molecule is CNc1cccc(CCC2CCCCN2C(C)=O)n1. The normalized spacial score (nSPS) is 19.3. The molecule has 1 saturated heterocycles. The highest BCUT2D eigenvalue weighted by Gasteiger charge is 2.23. The van der Waals surface area contributed by atoms with Crippen LogP contribution < -0.4 is 5.32 Å². The molecule has 19 heavy (non-hydrogen) atoms. The highest BCUT2D eigenvalue weighted by atomic mass is 16.2. The number of pyridine rings is 1. The van der Waals surface area contributed by atoms with Crippen molar-refractivity contribution in [1.82, 2.24) is 9.88 Å². The van der Waals surface area contributed by atoms with Crippen molar-refractivity contribution in [2.24, 2.45) is 0 Å². The molecule has 104 valence electrons. The smallest absolute Gasteiger partial charge is 0.219 e. The second kappa shape index (κ2) is 6.55. The Hall–Kier alpha value is -1.58. The van der Waals surface area contributed by atoms with Gasteiger partial charge in [0.25, 0.3) is 0 Å². The van der Waals surface area contributed by atoms with Gasteiger partial charge in [0.05, 0.1) is 0 Å². The predicted molar refractivity (Wildman–Crippen MR) is 77.1 cm³/mol. The van der Waals surface area contributed by atoms with Crippen LogP contribution in [0, 0.1) is 0 Å². The molecule has 1 aromatic rings. The Kier molecular flexibility index (Phi) is 4.77. The zero-order valence-electron chi connectivity index (χ0n) is 11.9. The molecule has 1 aliphatic heterocycles. The summed E-state index contributed by atoms with van der Waals surface area (Å²) in [4.78, 5) is 18.2. The lowest BCUT2D eigenvalue weighted by molar-refractivity contribution is -0.132. The third-order valence-electron chi connectivity index (χ3n) is 3.83. The van der Waals surface area contributed by atoms with Crippen molar-refractivity contribution in [3.05, 3.63) is 23.9 Å². The van der Waals surface area contributed by atoms with Gasteiger partial charge in [-0.15, -0.1) is 0 Å². The van der Waals surface area contributed by atoms with Crippen molar-refractivity contribution in [3.8, 4) is 0 Å². The Morgan fingerprint density at radius 2 is 2.32 bits per heavy atom. The van der Waals surface area contributed by atoms with Gasteiger partial charge in [0, 0.05) is 32.3 Å². The number of hydrogen-bond donors (Lipinski definition) is 1. The average Bonchev–Trinajstić information content (AvgIpc) is 2.45. The standard InChI is InChI=1S/C15H23N3O/c1-12(19)18-11-4-3-7-14(18)10-9-13-6-5-8-15(16-2)17-13/h5-6,8,14H,3-4,7,9-11H2,1-2H3,(H,16,17). The number of aryl methyl sites for hydroxylation is 1. The summed E-state index contributed by atoms with van der Waals surface area (Å²) in [5, 5.41) is 3.06. The van der Waals surface area contributed by atoms with Gasteiger partial charge in [0.15, 0.2) is 0 Å². The Labute approximate surface area is 115 Å². The van der Waals surface area contributed by atoms with Crippen LogP contribution in [0.15, 0.2) is 18.2 Å². The van der Waals surface area contributed by atoms with Crippen LogP contribution >= 0.6 is 0 Å². The minimum Gasteiger partial charge on any atom is -0.373 e. The maximum atomic E-state index is 11.6. The quantitative estimate of drug-likeness (QED) is 0.905. The highest BCUT2D eigenvalue weighted by Crippen LogP contribution is 2.21. The van der Waals surface area contributed by atoms with Gasteiger partial charge >= 0.3 is 0 Å². The third-order valence-corrected chi connectivity index (χ3v) is 3.83. The molecule has 1 aromatic heterocycles. The second-order valence-corrected chi connectivity index (χ2v) is 5.16. The molecule has 1 unspecified atom stereocenters. The number of nitrogens with zero attached hydrogens (tertiary/aromatic N) is 2. The molecule has 4 heteroatoms. The van der Waals surface area contributed by atoms with Crippen molar-refractivity contribution in [2.75, 3.05) is 18.9 Å². The van der Waals surface area contributed by atoms with E-state index in [0.717, 1.165) is 43.7 Å². The number of rotatable bonds is 4. The Morgan fingerprint density at radius 3 is 3.05 bits per heavy atom. The first-order valence-electron chi connectivity index (χ1n) is 7.11. The number of nitrogens with one attached hydrogen (secondary N) is 1. The van der Waals surface area contributed by atoms with E-state index in [1.807, 2.05) is 24.1 Å². The van der Waals surface area contributed by atoms with Crippen LogP contribution in [0.1, 0.15) is 38.3 Å². The Balaban J connectivity index is 1.94. The number of amides is 1. The molecule has 0 aliphatic carbocycles. The maximum absolute atomic E-state index is 11.6. The summed E-state index contributed by atoms with van der Waals surface area (Å²) in [5.74, 6) is 1.12. The van der Waals surface area contributed by atoms with E-state index in [4.69, 9.17) is 0 Å². The zero-order valence-corrected chi connectivity index (χ0v) is 11.9. The van der Waals surface area contributed by atoms with Crippen molar-refractivity contribution < 1.29 is 4.79 Å². The summed E-state index contributed by atoms with van der Waals surface area (Å²) < 4.78 is 0. The lowest BCUT2D eigenvalue weighted by Crippen LogP contribution is -2.42. The van der Waals surface area contributed by atoms with Crippen LogP contribution in [0.25, 0.3) is 0 Å². The first-order chi connectivity index (χ1) is 9.20. The molecular formula is C15H23N3O. The van der Waals surface area contributed by atoms with Gasteiger partial charge in [0.1, 0.15) is 5.82 Å². The predicted octanol–water partition coefficient (Wildman–Crippen LogP) is 2.46. The van der Waals surface area contributed by atoms with Crippen LogP contribution in [0.5, 0.6) is 0 Å². The van der Waals surface area contributed by atoms with Crippen molar-refractivity contribution in [2.45, 2.75) is 45.1 Å². The minimum absolute atomic E-state index is 0.210. The van der Waals surface area contributed by atoms with Gasteiger partial charge in [-0.2, -0.15) is 0 Å². The largest absolute Gasteiger partial charge is 0.373 e. The topological polar surface area (TPSA) is 45.2 Å². The minimum atomic E-state index is 0.210. The molecule has 2 rings (SSSR count).